The van der Waals surface area contributed by atoms with Crippen molar-refractivity contribution in [1.82, 2.24) is 4.98 Å². The highest BCUT2D eigenvalue weighted by molar-refractivity contribution is 7.22. The second-order valence-corrected chi connectivity index (χ2v) is 7.92. The van der Waals surface area contributed by atoms with Crippen molar-refractivity contribution < 1.29 is 14.6 Å². The number of rotatable bonds is 5. The third-order valence-corrected chi connectivity index (χ3v) is 5.87. The first-order valence-corrected chi connectivity index (χ1v) is 10.1. The first-order chi connectivity index (χ1) is 14.4. The number of piperidine rings is 1. The molecule has 1 fully saturated rings. The summed E-state index contributed by atoms with van der Waals surface area (Å²) in [5, 5.41) is 25.4. The Bertz CT molecular complexity index is 1160. The number of carbonyl (C=O) groups is 1. The van der Waals surface area contributed by atoms with Crippen molar-refractivity contribution in [2.75, 3.05) is 23.3 Å². The number of hydrogen-bond acceptors (Lipinski definition) is 8. The monoisotopic (exact) mass is 427 g/mol. The van der Waals surface area contributed by atoms with Crippen LogP contribution in [-0.4, -0.2) is 33.8 Å². The number of anilines is 2. The summed E-state index contributed by atoms with van der Waals surface area (Å²) >= 11 is 1.10. The summed E-state index contributed by atoms with van der Waals surface area (Å²) in [7, 11) is 0. The van der Waals surface area contributed by atoms with Crippen molar-refractivity contribution in [3.8, 4) is 0 Å². The molecule has 30 heavy (non-hydrogen) atoms. The molecular weight excluding hydrogens is 410 g/mol. The van der Waals surface area contributed by atoms with Crippen molar-refractivity contribution in [2.24, 2.45) is 0 Å². The summed E-state index contributed by atoms with van der Waals surface area (Å²) in [4.78, 5) is 40.4. The normalized spacial score (nSPS) is 13.9. The Balaban J connectivity index is 1.58. The summed E-state index contributed by atoms with van der Waals surface area (Å²) in [6.45, 7) is 1.51. The van der Waals surface area contributed by atoms with Gasteiger partial charge in [0.25, 0.3) is 17.3 Å². The predicted octanol–water partition coefficient (Wildman–Crippen LogP) is 4.36. The Kier molecular flexibility index (Phi) is 5.27. The lowest BCUT2D eigenvalue weighted by Gasteiger charge is -2.28. The molecule has 2 aromatic carbocycles. The number of aromatic nitrogens is 1. The minimum atomic E-state index is -0.531. The molecule has 1 aliphatic heterocycles. The number of benzene rings is 2. The van der Waals surface area contributed by atoms with E-state index >= 15 is 0 Å². The van der Waals surface area contributed by atoms with Gasteiger partial charge < -0.3 is 4.90 Å². The number of nitrogens with zero attached hydrogens (tertiary/aromatic N) is 4. The van der Waals surface area contributed by atoms with E-state index in [1.807, 2.05) is 4.90 Å². The standard InChI is InChI=1S/C19H17N5O5S/c25-18(21-19-20-14-6-5-13(23(26)27)11-17(14)30-19)12-4-7-15(16(10-12)24(28)29)22-8-2-1-3-9-22/h4-7,10-11H,1-3,8-9H2,(H,20,21,25). The van der Waals surface area contributed by atoms with Crippen LogP contribution in [0.1, 0.15) is 29.6 Å². The average molecular weight is 427 g/mol. The molecule has 10 nitrogen and oxygen atoms in total. The summed E-state index contributed by atoms with van der Waals surface area (Å²) in [5.41, 5.74) is 1.01. The van der Waals surface area contributed by atoms with Crippen molar-refractivity contribution in [3.63, 3.8) is 0 Å². The number of non-ortho nitro benzene ring substituents is 1. The molecule has 1 N–H and O–H groups in total. The fourth-order valence-electron chi connectivity index (χ4n) is 3.46. The van der Waals surface area contributed by atoms with Gasteiger partial charge in [-0.2, -0.15) is 0 Å². The Morgan fingerprint density at radius 3 is 2.50 bits per heavy atom. The van der Waals surface area contributed by atoms with Crippen molar-refractivity contribution in [1.29, 1.82) is 0 Å². The van der Waals surface area contributed by atoms with E-state index in [1.165, 1.54) is 24.3 Å². The lowest BCUT2D eigenvalue weighted by atomic mass is 10.1. The molecule has 3 aromatic rings. The molecule has 154 valence electrons. The molecule has 0 radical (unpaired) electrons. The maximum Gasteiger partial charge on any atom is 0.293 e. The molecule has 0 saturated carbocycles. The van der Waals surface area contributed by atoms with E-state index in [0.717, 1.165) is 43.7 Å². The van der Waals surface area contributed by atoms with E-state index in [2.05, 4.69) is 10.3 Å². The number of hydrogen-bond donors (Lipinski definition) is 1. The van der Waals surface area contributed by atoms with Gasteiger partial charge in [-0.15, -0.1) is 0 Å². The quantitative estimate of drug-likeness (QED) is 0.473. The van der Waals surface area contributed by atoms with Gasteiger partial charge in [-0.3, -0.25) is 30.3 Å². The molecular formula is C19H17N5O5S. The van der Waals surface area contributed by atoms with E-state index in [-0.39, 0.29) is 22.1 Å². The van der Waals surface area contributed by atoms with Gasteiger partial charge in [0.05, 0.1) is 20.1 Å². The van der Waals surface area contributed by atoms with E-state index in [1.54, 1.807) is 12.1 Å². The maximum absolute atomic E-state index is 12.6. The van der Waals surface area contributed by atoms with E-state index < -0.39 is 15.8 Å². The number of nitrogens with one attached hydrogen (secondary N) is 1. The average Bonchev–Trinajstić information content (AvgIpc) is 3.15. The molecule has 1 amide bonds. The molecule has 0 atom stereocenters. The van der Waals surface area contributed by atoms with E-state index in [0.29, 0.717) is 15.9 Å². The van der Waals surface area contributed by atoms with Crippen LogP contribution in [0.5, 0.6) is 0 Å². The Morgan fingerprint density at radius 1 is 1.03 bits per heavy atom. The molecule has 4 rings (SSSR count). The molecule has 2 heterocycles. The zero-order chi connectivity index (χ0) is 21.3. The summed E-state index contributed by atoms with van der Waals surface area (Å²) < 4.78 is 0.561. The van der Waals surface area contributed by atoms with Gasteiger partial charge in [0, 0.05) is 36.9 Å². The zero-order valence-electron chi connectivity index (χ0n) is 15.7. The number of amides is 1. The Labute approximate surface area is 174 Å². The van der Waals surface area contributed by atoms with Gasteiger partial charge >= 0.3 is 0 Å². The lowest BCUT2D eigenvalue weighted by Crippen LogP contribution is -2.30. The second kappa shape index (κ2) is 8.03. The summed E-state index contributed by atoms with van der Waals surface area (Å²) in [6.07, 6.45) is 3.07. The fraction of sp³-hybridized carbons (Fsp3) is 0.263. The van der Waals surface area contributed by atoms with Crippen molar-refractivity contribution in [2.45, 2.75) is 19.3 Å². The molecule has 1 aromatic heterocycles. The highest BCUT2D eigenvalue weighted by Crippen LogP contribution is 2.33. The van der Waals surface area contributed by atoms with Gasteiger partial charge in [0.1, 0.15) is 5.69 Å². The number of carbonyl (C=O) groups excluding carboxylic acids is 1. The first-order valence-electron chi connectivity index (χ1n) is 9.32. The fourth-order valence-corrected chi connectivity index (χ4v) is 4.36. The van der Waals surface area contributed by atoms with Crippen LogP contribution >= 0.6 is 11.3 Å². The highest BCUT2D eigenvalue weighted by atomic mass is 32.1. The number of nitro benzene ring substituents is 2. The molecule has 1 saturated heterocycles. The van der Waals surface area contributed by atoms with Crippen LogP contribution in [-0.2, 0) is 0 Å². The zero-order valence-corrected chi connectivity index (χ0v) is 16.6. The number of thiazole rings is 1. The minimum absolute atomic E-state index is 0.0621. The van der Waals surface area contributed by atoms with Gasteiger partial charge in [-0.25, -0.2) is 4.98 Å². The topological polar surface area (TPSA) is 132 Å². The van der Waals surface area contributed by atoms with Gasteiger partial charge in [0.2, 0.25) is 0 Å². The SMILES string of the molecule is O=C(Nc1nc2ccc([N+](=O)[O-])cc2s1)c1ccc(N2CCCCC2)c([N+](=O)[O-])c1. The van der Waals surface area contributed by atoms with Crippen LogP contribution in [0.2, 0.25) is 0 Å². The predicted molar refractivity (Wildman–Crippen MR) is 113 cm³/mol. The van der Waals surface area contributed by atoms with Crippen LogP contribution in [0.15, 0.2) is 36.4 Å². The molecule has 1 aliphatic rings. The second-order valence-electron chi connectivity index (χ2n) is 6.89. The van der Waals surface area contributed by atoms with Crippen molar-refractivity contribution >= 4 is 49.7 Å². The van der Waals surface area contributed by atoms with Crippen LogP contribution in [0.3, 0.4) is 0 Å². The molecule has 0 spiro atoms. The van der Waals surface area contributed by atoms with Gasteiger partial charge in [0.15, 0.2) is 5.13 Å². The molecule has 0 unspecified atom stereocenters. The first kappa shape index (κ1) is 19.7. The smallest absolute Gasteiger partial charge is 0.293 e. The Hall–Kier alpha value is -3.60. The number of nitro groups is 2. The van der Waals surface area contributed by atoms with Crippen LogP contribution < -0.4 is 10.2 Å². The van der Waals surface area contributed by atoms with Gasteiger partial charge in [-0.1, -0.05) is 11.3 Å². The van der Waals surface area contributed by atoms with Crippen LogP contribution in [0, 0.1) is 20.2 Å². The lowest BCUT2D eigenvalue weighted by molar-refractivity contribution is -0.384. The molecule has 0 aliphatic carbocycles. The minimum Gasteiger partial charge on any atom is -0.366 e. The van der Waals surface area contributed by atoms with Crippen molar-refractivity contribution in [3.05, 3.63) is 62.2 Å². The largest absolute Gasteiger partial charge is 0.366 e. The maximum atomic E-state index is 12.6. The third-order valence-electron chi connectivity index (χ3n) is 4.93. The van der Waals surface area contributed by atoms with Crippen LogP contribution in [0.4, 0.5) is 22.2 Å². The van der Waals surface area contributed by atoms with E-state index in [9.17, 15) is 25.0 Å². The molecule has 11 heteroatoms. The summed E-state index contributed by atoms with van der Waals surface area (Å²) in [5.74, 6) is -0.531. The Morgan fingerprint density at radius 2 is 1.80 bits per heavy atom. The highest BCUT2D eigenvalue weighted by Gasteiger charge is 2.23. The molecule has 0 bridgehead atoms. The van der Waals surface area contributed by atoms with Crippen LogP contribution in [0.25, 0.3) is 10.2 Å². The van der Waals surface area contributed by atoms with Gasteiger partial charge in [-0.05, 0) is 37.5 Å². The summed E-state index contributed by atoms with van der Waals surface area (Å²) in [6, 6.07) is 8.69. The number of fused-ring (bicyclic) bond motifs is 1. The van der Waals surface area contributed by atoms with E-state index in [4.69, 9.17) is 0 Å². The third kappa shape index (κ3) is 3.92.